The van der Waals surface area contributed by atoms with Crippen molar-refractivity contribution in [1.29, 1.82) is 0 Å². The Bertz CT molecular complexity index is 383. The van der Waals surface area contributed by atoms with E-state index in [4.69, 9.17) is 4.42 Å². The van der Waals surface area contributed by atoms with Gasteiger partial charge in [0, 0.05) is 0 Å². The molecular weight excluding hydrogens is 226 g/mol. The maximum atomic E-state index is 10.6. The van der Waals surface area contributed by atoms with E-state index in [2.05, 4.69) is 18.7 Å². The van der Waals surface area contributed by atoms with Gasteiger partial charge >= 0.3 is 0 Å². The molecule has 3 nitrogen and oxygen atoms in total. The number of rotatable bonds is 5. The average molecular weight is 249 g/mol. The van der Waals surface area contributed by atoms with Gasteiger partial charge in [-0.3, -0.25) is 9.69 Å². The van der Waals surface area contributed by atoms with Crippen molar-refractivity contribution in [2.45, 2.75) is 46.1 Å². The third-order valence-electron chi connectivity index (χ3n) is 4.59. The first-order chi connectivity index (χ1) is 8.71. The van der Waals surface area contributed by atoms with Crippen LogP contribution in [0, 0.1) is 5.41 Å². The molecule has 0 aliphatic carbocycles. The van der Waals surface area contributed by atoms with Crippen molar-refractivity contribution < 1.29 is 9.21 Å². The molecule has 100 valence electrons. The van der Waals surface area contributed by atoms with E-state index in [1.807, 2.05) is 6.07 Å². The van der Waals surface area contributed by atoms with Crippen molar-refractivity contribution in [1.82, 2.24) is 4.90 Å². The van der Waals surface area contributed by atoms with Gasteiger partial charge in [0.2, 0.25) is 0 Å². The van der Waals surface area contributed by atoms with Crippen LogP contribution in [0.3, 0.4) is 0 Å². The van der Waals surface area contributed by atoms with Crippen molar-refractivity contribution in [3.8, 4) is 0 Å². The van der Waals surface area contributed by atoms with E-state index >= 15 is 0 Å². The summed E-state index contributed by atoms with van der Waals surface area (Å²) in [5.41, 5.74) is 0.563. The standard InChI is InChI=1S/C15H23NO2/c1-3-15(4-2)7-9-16(10-8-15)11-13-5-6-14(12-17)18-13/h5-6,12H,3-4,7-11H2,1-2H3. The van der Waals surface area contributed by atoms with Gasteiger partial charge in [-0.25, -0.2) is 0 Å². The van der Waals surface area contributed by atoms with Gasteiger partial charge in [0.05, 0.1) is 6.54 Å². The van der Waals surface area contributed by atoms with Gasteiger partial charge in [-0.1, -0.05) is 26.7 Å². The smallest absolute Gasteiger partial charge is 0.185 e. The molecule has 0 atom stereocenters. The molecule has 1 aromatic rings. The quantitative estimate of drug-likeness (QED) is 0.749. The normalized spacial score (nSPS) is 19.9. The minimum atomic E-state index is 0.429. The summed E-state index contributed by atoms with van der Waals surface area (Å²) < 4.78 is 5.43. The Kier molecular flexibility index (Phi) is 4.23. The lowest BCUT2D eigenvalue weighted by Crippen LogP contribution is -2.39. The molecule has 0 spiro atoms. The minimum absolute atomic E-state index is 0.429. The van der Waals surface area contributed by atoms with Gasteiger partial charge in [-0.05, 0) is 43.5 Å². The van der Waals surface area contributed by atoms with Crippen LogP contribution in [0.4, 0.5) is 0 Å². The third kappa shape index (κ3) is 2.83. The van der Waals surface area contributed by atoms with Crippen molar-refractivity contribution in [3.63, 3.8) is 0 Å². The van der Waals surface area contributed by atoms with Crippen LogP contribution in [0.1, 0.15) is 55.8 Å². The number of likely N-dealkylation sites (tertiary alicyclic amines) is 1. The molecule has 1 aliphatic rings. The van der Waals surface area contributed by atoms with E-state index in [-0.39, 0.29) is 0 Å². The van der Waals surface area contributed by atoms with E-state index in [0.29, 0.717) is 11.2 Å². The Morgan fingerprint density at radius 2 is 1.94 bits per heavy atom. The van der Waals surface area contributed by atoms with Crippen LogP contribution in [0.5, 0.6) is 0 Å². The fourth-order valence-electron chi connectivity index (χ4n) is 2.91. The highest BCUT2D eigenvalue weighted by atomic mass is 16.3. The van der Waals surface area contributed by atoms with Crippen LogP contribution in [0.25, 0.3) is 0 Å². The monoisotopic (exact) mass is 249 g/mol. The van der Waals surface area contributed by atoms with Crippen LogP contribution in [0.15, 0.2) is 16.5 Å². The van der Waals surface area contributed by atoms with Crippen LogP contribution < -0.4 is 0 Å². The number of aldehydes is 1. The molecule has 0 radical (unpaired) electrons. The molecule has 3 heteroatoms. The number of carbonyl (C=O) groups excluding carboxylic acids is 1. The molecule has 2 rings (SSSR count). The fraction of sp³-hybridized carbons (Fsp3) is 0.667. The molecule has 0 N–H and O–H groups in total. The van der Waals surface area contributed by atoms with Crippen LogP contribution >= 0.6 is 0 Å². The van der Waals surface area contributed by atoms with E-state index in [0.717, 1.165) is 31.7 Å². The summed E-state index contributed by atoms with van der Waals surface area (Å²) in [4.78, 5) is 13.0. The molecule has 0 amide bonds. The predicted octanol–water partition coefficient (Wildman–Crippen LogP) is 3.49. The zero-order valence-electron chi connectivity index (χ0n) is 11.4. The van der Waals surface area contributed by atoms with Gasteiger partial charge in [-0.15, -0.1) is 0 Å². The first-order valence-corrected chi connectivity index (χ1v) is 6.97. The van der Waals surface area contributed by atoms with E-state index in [1.165, 1.54) is 25.7 Å². The first-order valence-electron chi connectivity index (χ1n) is 6.97. The number of hydrogen-bond donors (Lipinski definition) is 0. The Hall–Kier alpha value is -1.09. The van der Waals surface area contributed by atoms with Crippen molar-refractivity contribution in [3.05, 3.63) is 23.7 Å². The molecule has 0 unspecified atom stereocenters. The molecule has 1 aliphatic heterocycles. The highest BCUT2D eigenvalue weighted by molar-refractivity contribution is 5.70. The van der Waals surface area contributed by atoms with E-state index in [1.54, 1.807) is 6.07 Å². The Labute approximate surface area is 109 Å². The molecule has 0 aromatic carbocycles. The number of nitrogens with zero attached hydrogens (tertiary/aromatic N) is 1. The zero-order chi connectivity index (χ0) is 13.0. The molecule has 18 heavy (non-hydrogen) atoms. The zero-order valence-corrected chi connectivity index (χ0v) is 11.4. The molecular formula is C15H23NO2. The Morgan fingerprint density at radius 3 is 2.44 bits per heavy atom. The van der Waals surface area contributed by atoms with Crippen LogP contribution in [0.2, 0.25) is 0 Å². The largest absolute Gasteiger partial charge is 0.457 e. The van der Waals surface area contributed by atoms with Gasteiger partial charge in [-0.2, -0.15) is 0 Å². The second-order valence-electron chi connectivity index (χ2n) is 5.41. The lowest BCUT2D eigenvalue weighted by atomic mass is 9.74. The minimum Gasteiger partial charge on any atom is -0.457 e. The number of furan rings is 1. The third-order valence-corrected chi connectivity index (χ3v) is 4.59. The summed E-state index contributed by atoms with van der Waals surface area (Å²) >= 11 is 0. The predicted molar refractivity (Wildman–Crippen MR) is 71.6 cm³/mol. The van der Waals surface area contributed by atoms with Crippen LogP contribution in [-0.4, -0.2) is 24.3 Å². The topological polar surface area (TPSA) is 33.5 Å². The fourth-order valence-corrected chi connectivity index (χ4v) is 2.91. The van der Waals surface area contributed by atoms with E-state index < -0.39 is 0 Å². The molecule has 0 bridgehead atoms. The molecule has 0 saturated carbocycles. The Morgan fingerprint density at radius 1 is 1.28 bits per heavy atom. The Balaban J connectivity index is 1.88. The average Bonchev–Trinajstić information content (AvgIpc) is 2.88. The van der Waals surface area contributed by atoms with Gasteiger partial charge in [0.1, 0.15) is 5.76 Å². The maximum Gasteiger partial charge on any atom is 0.185 e. The maximum absolute atomic E-state index is 10.6. The first kappa shape index (κ1) is 13.3. The highest BCUT2D eigenvalue weighted by Gasteiger charge is 2.31. The summed E-state index contributed by atoms with van der Waals surface area (Å²) in [6.45, 7) is 7.72. The lowest BCUT2D eigenvalue weighted by molar-refractivity contribution is 0.0857. The lowest BCUT2D eigenvalue weighted by Gasteiger charge is -2.40. The molecule has 2 heterocycles. The number of carbonyl (C=O) groups is 1. The van der Waals surface area contributed by atoms with E-state index in [9.17, 15) is 4.79 Å². The van der Waals surface area contributed by atoms with Gasteiger partial charge in [0.15, 0.2) is 12.0 Å². The number of hydrogen-bond acceptors (Lipinski definition) is 3. The van der Waals surface area contributed by atoms with Crippen molar-refractivity contribution in [2.24, 2.45) is 5.41 Å². The summed E-state index contributed by atoms with van der Waals surface area (Å²) in [7, 11) is 0. The van der Waals surface area contributed by atoms with Crippen molar-refractivity contribution >= 4 is 6.29 Å². The van der Waals surface area contributed by atoms with Gasteiger partial charge in [0.25, 0.3) is 0 Å². The number of piperidine rings is 1. The second-order valence-corrected chi connectivity index (χ2v) is 5.41. The van der Waals surface area contributed by atoms with Crippen LogP contribution in [-0.2, 0) is 6.54 Å². The van der Waals surface area contributed by atoms with Crippen molar-refractivity contribution in [2.75, 3.05) is 13.1 Å². The highest BCUT2D eigenvalue weighted by Crippen LogP contribution is 2.38. The SMILES string of the molecule is CCC1(CC)CCN(Cc2ccc(C=O)o2)CC1. The molecule has 1 saturated heterocycles. The second kappa shape index (κ2) is 5.70. The summed E-state index contributed by atoms with van der Waals surface area (Å²) in [5, 5.41) is 0. The molecule has 1 aromatic heterocycles. The summed E-state index contributed by atoms with van der Waals surface area (Å²) in [6.07, 6.45) is 5.89. The van der Waals surface area contributed by atoms with Gasteiger partial charge < -0.3 is 4.42 Å². The summed E-state index contributed by atoms with van der Waals surface area (Å²) in [6, 6.07) is 3.65. The molecule has 1 fully saturated rings. The summed E-state index contributed by atoms with van der Waals surface area (Å²) in [5.74, 6) is 1.33.